The van der Waals surface area contributed by atoms with Crippen molar-refractivity contribution >= 4 is 11.7 Å². The van der Waals surface area contributed by atoms with Crippen LogP contribution in [0.25, 0.3) is 0 Å². The Morgan fingerprint density at radius 2 is 2.31 bits per heavy atom. The number of alkyl halides is 1. The third kappa shape index (κ3) is 2.56. The van der Waals surface area contributed by atoms with Crippen molar-refractivity contribution in [3.63, 3.8) is 0 Å². The van der Waals surface area contributed by atoms with Gasteiger partial charge in [-0.1, -0.05) is 0 Å². The SMILES string of the molecule is C[I-]OC(=O)c1ccc([NH3+])c(O)c1. The van der Waals surface area contributed by atoms with E-state index in [9.17, 15) is 9.90 Å². The van der Waals surface area contributed by atoms with Crippen molar-refractivity contribution in [1.82, 2.24) is 0 Å². The van der Waals surface area contributed by atoms with Crippen LogP contribution in [0.2, 0.25) is 0 Å². The second kappa shape index (κ2) is 4.43. The molecule has 0 aliphatic heterocycles. The van der Waals surface area contributed by atoms with E-state index >= 15 is 0 Å². The van der Waals surface area contributed by atoms with Gasteiger partial charge in [-0.2, -0.15) is 0 Å². The third-order valence-corrected chi connectivity index (χ3v) is 2.31. The molecule has 0 aliphatic rings. The van der Waals surface area contributed by atoms with Gasteiger partial charge in [0.25, 0.3) is 0 Å². The summed E-state index contributed by atoms with van der Waals surface area (Å²) in [7, 11) is 0. The molecule has 0 bridgehead atoms. The van der Waals surface area contributed by atoms with Gasteiger partial charge in [-0.05, 0) is 0 Å². The molecule has 72 valence electrons. The van der Waals surface area contributed by atoms with Crippen LogP contribution in [0, 0.1) is 0 Å². The van der Waals surface area contributed by atoms with Gasteiger partial charge in [-0.25, -0.2) is 0 Å². The Hall–Kier alpha value is -0.820. The van der Waals surface area contributed by atoms with Gasteiger partial charge in [0.15, 0.2) is 0 Å². The molecule has 1 aromatic carbocycles. The first-order valence-electron chi connectivity index (χ1n) is 3.51. The fraction of sp³-hybridized carbons (Fsp3) is 0.125. The zero-order chi connectivity index (χ0) is 9.84. The molecule has 1 rings (SSSR count). The maximum atomic E-state index is 11.2. The number of phenolic OH excluding ortho intramolecular Hbond substituents is 1. The second-order valence-corrected chi connectivity index (χ2v) is 3.68. The van der Waals surface area contributed by atoms with E-state index in [1.54, 1.807) is 12.1 Å². The predicted octanol–water partition coefficient (Wildman–Crippen LogP) is -2.94. The maximum absolute atomic E-state index is 11.2. The third-order valence-electron chi connectivity index (χ3n) is 1.47. The Morgan fingerprint density at radius 1 is 1.62 bits per heavy atom. The van der Waals surface area contributed by atoms with E-state index in [-0.39, 0.29) is 11.7 Å². The van der Waals surface area contributed by atoms with Crippen LogP contribution >= 0.6 is 0 Å². The van der Waals surface area contributed by atoms with Gasteiger partial charge in [-0.15, -0.1) is 0 Å². The van der Waals surface area contributed by atoms with Crippen LogP contribution in [-0.2, 0) is 3.07 Å². The number of rotatable bonds is 2. The first-order chi connectivity index (χ1) is 6.15. The van der Waals surface area contributed by atoms with Crippen LogP contribution in [-0.4, -0.2) is 16.0 Å². The van der Waals surface area contributed by atoms with E-state index in [1.165, 1.54) is 6.07 Å². The summed E-state index contributed by atoms with van der Waals surface area (Å²) in [4.78, 5) is 13.0. The zero-order valence-corrected chi connectivity index (χ0v) is 9.24. The second-order valence-electron chi connectivity index (χ2n) is 2.36. The molecule has 0 amide bonds. The topological polar surface area (TPSA) is 74.2 Å². The number of aromatic hydroxyl groups is 1. The van der Waals surface area contributed by atoms with Gasteiger partial charge >= 0.3 is 86.4 Å². The van der Waals surface area contributed by atoms with Crippen LogP contribution in [0.5, 0.6) is 5.75 Å². The summed E-state index contributed by atoms with van der Waals surface area (Å²) in [6.45, 7) is 0. The predicted molar refractivity (Wildman–Crippen MR) is 42.0 cm³/mol. The van der Waals surface area contributed by atoms with Crippen LogP contribution < -0.4 is 27.4 Å². The summed E-state index contributed by atoms with van der Waals surface area (Å²) in [6, 6.07) is 4.54. The number of benzene rings is 1. The average molecular weight is 295 g/mol. The monoisotopic (exact) mass is 295 g/mol. The molecule has 0 atom stereocenters. The number of carbonyl (C=O) groups excluding carboxylic acids is 1. The average Bonchev–Trinajstić information content (AvgIpc) is 2.10. The van der Waals surface area contributed by atoms with Gasteiger partial charge in [0.1, 0.15) is 0 Å². The van der Waals surface area contributed by atoms with Gasteiger partial charge in [0.05, 0.1) is 0 Å². The Balaban J connectivity index is 2.90. The normalized spacial score (nSPS) is 10.0. The molecule has 0 spiro atoms. The molecule has 0 saturated heterocycles. The number of hydrogen-bond donors (Lipinski definition) is 2. The molecule has 1 aromatic rings. The van der Waals surface area contributed by atoms with Gasteiger partial charge in [-0.3, -0.25) is 0 Å². The molecule has 0 heterocycles. The summed E-state index contributed by atoms with van der Waals surface area (Å²) in [5, 5.41) is 9.26. The van der Waals surface area contributed by atoms with E-state index in [4.69, 9.17) is 3.07 Å². The molecule has 0 aromatic heterocycles. The van der Waals surface area contributed by atoms with Crippen molar-refractivity contribution in [2.24, 2.45) is 0 Å². The van der Waals surface area contributed by atoms with E-state index in [0.717, 1.165) is 0 Å². The molecule has 0 radical (unpaired) electrons. The molecule has 13 heavy (non-hydrogen) atoms. The van der Waals surface area contributed by atoms with E-state index < -0.39 is 21.6 Å². The van der Waals surface area contributed by atoms with Gasteiger partial charge in [0, 0.05) is 0 Å². The Morgan fingerprint density at radius 3 is 2.85 bits per heavy atom. The first-order valence-corrected chi connectivity index (χ1v) is 6.54. The van der Waals surface area contributed by atoms with Crippen LogP contribution in [0.15, 0.2) is 18.2 Å². The zero-order valence-electron chi connectivity index (χ0n) is 7.08. The van der Waals surface area contributed by atoms with Crippen molar-refractivity contribution in [3.05, 3.63) is 23.8 Å². The van der Waals surface area contributed by atoms with E-state index in [1.807, 2.05) is 4.93 Å². The Bertz CT molecular complexity index is 327. The molecule has 0 saturated carbocycles. The quantitative estimate of drug-likeness (QED) is 0.453. The Labute approximate surface area is 86.5 Å². The molecule has 0 fully saturated rings. The van der Waals surface area contributed by atoms with Crippen LogP contribution in [0.3, 0.4) is 0 Å². The molecule has 0 unspecified atom stereocenters. The molecule has 4 N–H and O–H groups in total. The van der Waals surface area contributed by atoms with Crippen LogP contribution in [0.1, 0.15) is 10.4 Å². The van der Waals surface area contributed by atoms with Crippen molar-refractivity contribution in [2.45, 2.75) is 0 Å². The van der Waals surface area contributed by atoms with Crippen molar-refractivity contribution in [1.29, 1.82) is 0 Å². The first kappa shape index (κ1) is 10.3. The summed E-state index contributed by atoms with van der Waals surface area (Å²) in [5.74, 6) is -0.366. The van der Waals surface area contributed by atoms with E-state index in [0.29, 0.717) is 11.3 Å². The Kier molecular flexibility index (Phi) is 3.49. The summed E-state index contributed by atoms with van der Waals surface area (Å²) in [5.41, 5.74) is 4.44. The molecular weight excluding hydrogens is 285 g/mol. The standard InChI is InChI=1S/C8H9INO3/c1-9-13-8(12)5-2-3-6(10)7(11)4-5/h2-4,11H,10H2,1H3/q-1/p+1. The molecule has 4 nitrogen and oxygen atoms in total. The number of carbonyl (C=O) groups is 1. The van der Waals surface area contributed by atoms with Gasteiger partial charge < -0.3 is 0 Å². The molecule has 5 heteroatoms. The minimum atomic E-state index is -0.523. The molecular formula is C8H10INO3. The fourth-order valence-electron chi connectivity index (χ4n) is 0.805. The van der Waals surface area contributed by atoms with Crippen LogP contribution in [0.4, 0.5) is 5.69 Å². The number of phenols is 1. The number of hydrogen-bond acceptors (Lipinski definition) is 3. The van der Waals surface area contributed by atoms with E-state index in [2.05, 4.69) is 5.73 Å². The summed E-state index contributed by atoms with van der Waals surface area (Å²) in [6.07, 6.45) is 0. The summed E-state index contributed by atoms with van der Waals surface area (Å²) >= 11 is -0.523. The number of quaternary nitrogens is 1. The fourth-order valence-corrected chi connectivity index (χ4v) is 1.46. The van der Waals surface area contributed by atoms with Gasteiger partial charge in [0.2, 0.25) is 0 Å². The van der Waals surface area contributed by atoms with Crippen molar-refractivity contribution in [3.8, 4) is 5.75 Å². The number of halogens is 1. The molecule has 0 aliphatic carbocycles. The van der Waals surface area contributed by atoms with Crippen molar-refractivity contribution < 1.29 is 40.3 Å². The van der Waals surface area contributed by atoms with Crippen molar-refractivity contribution in [2.75, 3.05) is 4.93 Å². The summed E-state index contributed by atoms with van der Waals surface area (Å²) < 4.78 is 4.86. The minimum absolute atomic E-state index is 0.0174.